The number of pyridine rings is 1. The maximum absolute atomic E-state index is 12.5. The Morgan fingerprint density at radius 2 is 2.00 bits per heavy atom. The minimum absolute atomic E-state index is 0.149. The van der Waals surface area contributed by atoms with Gasteiger partial charge in [0.1, 0.15) is 0 Å². The van der Waals surface area contributed by atoms with Crippen LogP contribution in [-0.2, 0) is 19.8 Å². The Hall–Kier alpha value is -3.43. The van der Waals surface area contributed by atoms with Gasteiger partial charge in [-0.1, -0.05) is 11.2 Å². The van der Waals surface area contributed by atoms with E-state index in [2.05, 4.69) is 19.6 Å². The molecule has 0 unspecified atom stereocenters. The molecule has 0 amide bonds. The van der Waals surface area contributed by atoms with Crippen molar-refractivity contribution in [2.45, 2.75) is 12.7 Å². The second-order valence-corrected chi connectivity index (χ2v) is 5.98. The number of rotatable bonds is 3. The number of aryl methyl sites for hydroxylation is 1. The standard InChI is InChI=1S/C17H12F3N5O2/c1-24-9-21-12-6-10(2-3-13(12)24)8-25-5-4-11(7-14(25)26)15-22-16(27-23-15)17(18,19)20/h2-7,9H,8H2,1H3. The molecular weight excluding hydrogens is 363 g/mol. The number of hydrogen-bond acceptors (Lipinski definition) is 5. The molecule has 0 radical (unpaired) electrons. The smallest absolute Gasteiger partial charge is 0.334 e. The number of aromatic nitrogens is 5. The molecule has 4 rings (SSSR count). The van der Waals surface area contributed by atoms with Gasteiger partial charge < -0.3 is 13.7 Å². The summed E-state index contributed by atoms with van der Waals surface area (Å²) in [5.41, 5.74) is 2.41. The lowest BCUT2D eigenvalue weighted by atomic mass is 10.2. The molecule has 0 saturated carbocycles. The highest BCUT2D eigenvalue weighted by Crippen LogP contribution is 2.29. The number of halogens is 3. The summed E-state index contributed by atoms with van der Waals surface area (Å²) in [6.07, 6.45) is -1.55. The second kappa shape index (κ2) is 6.08. The molecule has 0 atom stereocenters. The summed E-state index contributed by atoms with van der Waals surface area (Å²) < 4.78 is 45.1. The number of hydrogen-bond donors (Lipinski definition) is 0. The van der Waals surface area contributed by atoms with Crippen molar-refractivity contribution in [3.63, 3.8) is 0 Å². The van der Waals surface area contributed by atoms with Crippen LogP contribution in [-0.4, -0.2) is 24.3 Å². The van der Waals surface area contributed by atoms with Crippen LogP contribution in [0, 0.1) is 0 Å². The van der Waals surface area contributed by atoms with Gasteiger partial charge in [-0.3, -0.25) is 4.79 Å². The lowest BCUT2D eigenvalue weighted by Gasteiger charge is -2.06. The number of alkyl halides is 3. The molecule has 0 N–H and O–H groups in total. The van der Waals surface area contributed by atoms with Crippen molar-refractivity contribution in [3.8, 4) is 11.4 Å². The average Bonchev–Trinajstić information content (AvgIpc) is 3.24. The van der Waals surface area contributed by atoms with Crippen molar-refractivity contribution < 1.29 is 17.7 Å². The number of benzene rings is 1. The van der Waals surface area contributed by atoms with E-state index in [1.165, 1.54) is 22.9 Å². The summed E-state index contributed by atoms with van der Waals surface area (Å²) >= 11 is 0. The SMILES string of the molecule is Cn1cnc2cc(Cn3ccc(-c4noc(C(F)(F)F)n4)cc3=O)ccc21. The molecule has 0 aliphatic rings. The molecule has 0 bridgehead atoms. The number of nitrogens with zero attached hydrogens (tertiary/aromatic N) is 5. The summed E-state index contributed by atoms with van der Waals surface area (Å²) in [5.74, 6) is -1.74. The van der Waals surface area contributed by atoms with Crippen molar-refractivity contribution in [1.82, 2.24) is 24.3 Å². The molecule has 3 heterocycles. The van der Waals surface area contributed by atoms with Crippen LogP contribution < -0.4 is 5.56 Å². The van der Waals surface area contributed by atoms with E-state index in [9.17, 15) is 18.0 Å². The Bertz CT molecular complexity index is 1190. The van der Waals surface area contributed by atoms with Gasteiger partial charge in [-0.25, -0.2) is 4.98 Å². The lowest BCUT2D eigenvalue weighted by molar-refractivity contribution is -0.159. The largest absolute Gasteiger partial charge is 0.471 e. The van der Waals surface area contributed by atoms with Crippen LogP contribution in [0.3, 0.4) is 0 Å². The van der Waals surface area contributed by atoms with Gasteiger partial charge in [0.15, 0.2) is 0 Å². The third-order valence-corrected chi connectivity index (χ3v) is 4.07. The monoisotopic (exact) mass is 375 g/mol. The third-order valence-electron chi connectivity index (χ3n) is 4.07. The normalized spacial score (nSPS) is 12.0. The molecule has 0 saturated heterocycles. The van der Waals surface area contributed by atoms with Crippen LogP contribution in [0.25, 0.3) is 22.4 Å². The minimum Gasteiger partial charge on any atom is -0.334 e. The lowest BCUT2D eigenvalue weighted by Crippen LogP contribution is -2.19. The van der Waals surface area contributed by atoms with E-state index < -0.39 is 17.6 Å². The van der Waals surface area contributed by atoms with Crippen LogP contribution in [0.2, 0.25) is 0 Å². The Labute approximate surface area is 149 Å². The predicted molar refractivity (Wildman–Crippen MR) is 88.8 cm³/mol. The van der Waals surface area contributed by atoms with Crippen molar-refractivity contribution in [3.05, 3.63) is 64.7 Å². The van der Waals surface area contributed by atoms with Crippen molar-refractivity contribution in [2.75, 3.05) is 0 Å². The van der Waals surface area contributed by atoms with Gasteiger partial charge in [0.05, 0.1) is 23.9 Å². The van der Waals surface area contributed by atoms with Crippen LogP contribution in [0.4, 0.5) is 13.2 Å². The molecule has 1 aromatic carbocycles. The van der Waals surface area contributed by atoms with E-state index in [1.54, 1.807) is 6.33 Å². The minimum atomic E-state index is -4.73. The predicted octanol–water partition coefficient (Wildman–Crippen LogP) is 2.85. The zero-order valence-corrected chi connectivity index (χ0v) is 13.9. The van der Waals surface area contributed by atoms with Gasteiger partial charge in [-0.05, 0) is 23.8 Å². The molecule has 27 heavy (non-hydrogen) atoms. The molecular formula is C17H12F3N5O2. The summed E-state index contributed by atoms with van der Waals surface area (Å²) in [5, 5.41) is 3.28. The number of imidazole rings is 1. The Balaban J connectivity index is 1.61. The van der Waals surface area contributed by atoms with Gasteiger partial charge in [0.2, 0.25) is 5.82 Å². The Morgan fingerprint density at radius 3 is 2.70 bits per heavy atom. The van der Waals surface area contributed by atoms with Crippen LogP contribution in [0.1, 0.15) is 11.5 Å². The van der Waals surface area contributed by atoms with E-state index in [4.69, 9.17) is 0 Å². The van der Waals surface area contributed by atoms with Crippen LogP contribution >= 0.6 is 0 Å². The first-order chi connectivity index (χ1) is 12.8. The fourth-order valence-corrected chi connectivity index (χ4v) is 2.71. The zero-order chi connectivity index (χ0) is 19.2. The topological polar surface area (TPSA) is 78.7 Å². The summed E-state index contributed by atoms with van der Waals surface area (Å²) in [7, 11) is 1.89. The zero-order valence-electron chi connectivity index (χ0n) is 13.9. The molecule has 10 heteroatoms. The quantitative estimate of drug-likeness (QED) is 0.550. The molecule has 0 fully saturated rings. The molecule has 138 valence electrons. The fraction of sp³-hybridized carbons (Fsp3) is 0.176. The number of fused-ring (bicyclic) bond motifs is 1. The second-order valence-electron chi connectivity index (χ2n) is 5.98. The van der Waals surface area contributed by atoms with E-state index >= 15 is 0 Å². The van der Waals surface area contributed by atoms with E-state index in [-0.39, 0.29) is 11.4 Å². The van der Waals surface area contributed by atoms with Crippen LogP contribution in [0.15, 0.2) is 52.2 Å². The summed E-state index contributed by atoms with van der Waals surface area (Å²) in [4.78, 5) is 19.9. The Morgan fingerprint density at radius 1 is 1.19 bits per heavy atom. The van der Waals surface area contributed by atoms with Gasteiger partial charge in [0, 0.05) is 24.9 Å². The molecule has 0 spiro atoms. The van der Waals surface area contributed by atoms with E-state index in [0.717, 1.165) is 16.6 Å². The van der Waals surface area contributed by atoms with Crippen molar-refractivity contribution in [2.24, 2.45) is 7.05 Å². The third kappa shape index (κ3) is 3.21. The highest BCUT2D eigenvalue weighted by Gasteiger charge is 2.38. The van der Waals surface area contributed by atoms with Gasteiger partial charge in [0.25, 0.3) is 5.56 Å². The summed E-state index contributed by atoms with van der Waals surface area (Å²) in [6.45, 7) is 0.297. The molecule has 3 aromatic heterocycles. The van der Waals surface area contributed by atoms with Crippen molar-refractivity contribution >= 4 is 11.0 Å². The molecule has 0 aliphatic carbocycles. The maximum Gasteiger partial charge on any atom is 0.471 e. The highest BCUT2D eigenvalue weighted by molar-refractivity contribution is 5.75. The van der Waals surface area contributed by atoms with Gasteiger partial charge in [-0.2, -0.15) is 18.2 Å². The Kier molecular flexibility index (Phi) is 3.83. The molecule has 0 aliphatic heterocycles. The summed E-state index contributed by atoms with van der Waals surface area (Å²) in [6, 6.07) is 8.31. The van der Waals surface area contributed by atoms with Gasteiger partial charge >= 0.3 is 12.1 Å². The first kappa shape index (κ1) is 17.0. The van der Waals surface area contributed by atoms with E-state index in [0.29, 0.717) is 6.54 Å². The highest BCUT2D eigenvalue weighted by atomic mass is 19.4. The maximum atomic E-state index is 12.5. The average molecular weight is 375 g/mol. The molecule has 7 nitrogen and oxygen atoms in total. The fourth-order valence-electron chi connectivity index (χ4n) is 2.71. The van der Waals surface area contributed by atoms with E-state index in [1.807, 2.05) is 29.8 Å². The first-order valence-electron chi connectivity index (χ1n) is 7.83. The first-order valence-corrected chi connectivity index (χ1v) is 7.83. The van der Waals surface area contributed by atoms with Crippen molar-refractivity contribution in [1.29, 1.82) is 0 Å². The van der Waals surface area contributed by atoms with Gasteiger partial charge in [-0.15, -0.1) is 0 Å². The van der Waals surface area contributed by atoms with Crippen LogP contribution in [0.5, 0.6) is 0 Å². The molecule has 4 aromatic rings.